The number of thiazole rings is 1. The van der Waals surface area contributed by atoms with Crippen molar-refractivity contribution < 1.29 is 4.79 Å². The summed E-state index contributed by atoms with van der Waals surface area (Å²) in [5.74, 6) is 0.114. The minimum atomic E-state index is -0.145. The number of hydrogen-bond acceptors (Lipinski definition) is 4. The van der Waals surface area contributed by atoms with Crippen molar-refractivity contribution in [2.45, 2.75) is 58.2 Å². The maximum Gasteiger partial charge on any atom is 0.237 e. The second-order valence-corrected chi connectivity index (χ2v) is 6.26. The van der Waals surface area contributed by atoms with Gasteiger partial charge in [-0.2, -0.15) is 0 Å². The zero-order valence-electron chi connectivity index (χ0n) is 11.0. The summed E-state index contributed by atoms with van der Waals surface area (Å²) in [6, 6.07) is 0.250. The van der Waals surface area contributed by atoms with Crippen LogP contribution in [0.5, 0.6) is 0 Å². The fraction of sp³-hybridized carbons (Fsp3) is 0.692. The maximum atomic E-state index is 11.9. The molecule has 100 valence electrons. The molecule has 1 aromatic rings. The highest BCUT2D eigenvalue weighted by Crippen LogP contribution is 2.17. The van der Waals surface area contributed by atoms with Crippen molar-refractivity contribution in [2.24, 2.45) is 0 Å². The number of rotatable bonds is 5. The lowest BCUT2D eigenvalue weighted by molar-refractivity contribution is -0.123. The summed E-state index contributed by atoms with van der Waals surface area (Å²) in [5, 5.41) is 7.42. The Morgan fingerprint density at radius 3 is 2.89 bits per heavy atom. The summed E-state index contributed by atoms with van der Waals surface area (Å²) in [6.45, 7) is 4.62. The monoisotopic (exact) mass is 267 g/mol. The molecule has 0 spiro atoms. The SMILES string of the molecule is Cc1ncc(CNC(C)C(=O)NC2CCCC2)s1. The molecule has 5 heteroatoms. The first kappa shape index (κ1) is 13.5. The van der Waals surface area contributed by atoms with Crippen LogP contribution in [0, 0.1) is 6.92 Å². The highest BCUT2D eigenvalue weighted by molar-refractivity contribution is 7.11. The van der Waals surface area contributed by atoms with Crippen LogP contribution in [0.1, 0.15) is 42.5 Å². The third kappa shape index (κ3) is 3.78. The molecule has 1 unspecified atom stereocenters. The van der Waals surface area contributed by atoms with Crippen LogP contribution in [0.3, 0.4) is 0 Å². The number of carbonyl (C=O) groups excluding carboxylic acids is 1. The molecule has 1 saturated carbocycles. The average Bonchev–Trinajstić information content (AvgIpc) is 2.97. The predicted octanol–water partition coefficient (Wildman–Crippen LogP) is 1.99. The average molecular weight is 267 g/mol. The van der Waals surface area contributed by atoms with Crippen molar-refractivity contribution in [3.05, 3.63) is 16.1 Å². The van der Waals surface area contributed by atoms with Crippen molar-refractivity contribution in [1.82, 2.24) is 15.6 Å². The maximum absolute atomic E-state index is 11.9. The Balaban J connectivity index is 1.73. The van der Waals surface area contributed by atoms with Gasteiger partial charge in [-0.05, 0) is 26.7 Å². The summed E-state index contributed by atoms with van der Waals surface area (Å²) < 4.78 is 0. The number of carbonyl (C=O) groups is 1. The first-order chi connectivity index (χ1) is 8.65. The van der Waals surface area contributed by atoms with Crippen molar-refractivity contribution in [1.29, 1.82) is 0 Å². The Labute approximate surface area is 112 Å². The molecule has 1 amide bonds. The van der Waals surface area contributed by atoms with Gasteiger partial charge in [-0.3, -0.25) is 4.79 Å². The number of aryl methyl sites for hydroxylation is 1. The molecule has 1 atom stereocenters. The van der Waals surface area contributed by atoms with Gasteiger partial charge in [0.2, 0.25) is 5.91 Å². The first-order valence-corrected chi connectivity index (χ1v) is 7.42. The molecule has 1 fully saturated rings. The van der Waals surface area contributed by atoms with Crippen LogP contribution in [0.2, 0.25) is 0 Å². The van der Waals surface area contributed by atoms with Crippen LogP contribution in [-0.4, -0.2) is 23.0 Å². The molecule has 1 aliphatic rings. The molecule has 2 N–H and O–H groups in total. The van der Waals surface area contributed by atoms with Gasteiger partial charge < -0.3 is 10.6 Å². The van der Waals surface area contributed by atoms with Gasteiger partial charge in [-0.1, -0.05) is 12.8 Å². The second kappa shape index (κ2) is 6.29. The Morgan fingerprint density at radius 2 is 2.28 bits per heavy atom. The topological polar surface area (TPSA) is 54.0 Å². The molecule has 4 nitrogen and oxygen atoms in total. The van der Waals surface area contributed by atoms with Crippen molar-refractivity contribution in [3.63, 3.8) is 0 Å². The third-order valence-electron chi connectivity index (χ3n) is 3.35. The van der Waals surface area contributed by atoms with Gasteiger partial charge in [0.05, 0.1) is 11.0 Å². The van der Waals surface area contributed by atoms with Gasteiger partial charge in [0.1, 0.15) is 0 Å². The molecule has 1 aromatic heterocycles. The van der Waals surface area contributed by atoms with Crippen LogP contribution < -0.4 is 10.6 Å². The first-order valence-electron chi connectivity index (χ1n) is 6.60. The molecular formula is C13H21N3OS. The summed E-state index contributed by atoms with van der Waals surface area (Å²) in [7, 11) is 0. The van der Waals surface area contributed by atoms with E-state index >= 15 is 0 Å². The molecule has 2 rings (SSSR count). The minimum absolute atomic E-state index is 0.114. The molecule has 0 bridgehead atoms. The summed E-state index contributed by atoms with van der Waals surface area (Å²) in [4.78, 5) is 17.3. The standard InChI is InChI=1S/C13H21N3OS/c1-9(13(17)16-11-5-3-4-6-11)14-7-12-8-15-10(2)18-12/h8-9,11,14H,3-7H2,1-2H3,(H,16,17). The van der Waals surface area contributed by atoms with E-state index in [9.17, 15) is 4.79 Å². The molecule has 0 saturated heterocycles. The quantitative estimate of drug-likeness (QED) is 0.858. The van der Waals surface area contributed by atoms with Gasteiger partial charge >= 0.3 is 0 Å². The molecule has 0 radical (unpaired) electrons. The van der Waals surface area contributed by atoms with E-state index in [2.05, 4.69) is 15.6 Å². The van der Waals surface area contributed by atoms with E-state index in [0.29, 0.717) is 12.6 Å². The zero-order valence-corrected chi connectivity index (χ0v) is 11.8. The summed E-state index contributed by atoms with van der Waals surface area (Å²) in [6.07, 6.45) is 6.62. The molecular weight excluding hydrogens is 246 g/mol. The van der Waals surface area contributed by atoms with E-state index < -0.39 is 0 Å². The largest absolute Gasteiger partial charge is 0.352 e. The lowest BCUT2D eigenvalue weighted by Crippen LogP contribution is -2.45. The van der Waals surface area contributed by atoms with Crippen LogP contribution in [0.15, 0.2) is 6.20 Å². The van der Waals surface area contributed by atoms with E-state index in [1.807, 2.05) is 20.0 Å². The Hall–Kier alpha value is -0.940. The lowest BCUT2D eigenvalue weighted by Gasteiger charge is -2.17. The van der Waals surface area contributed by atoms with Gasteiger partial charge in [0.15, 0.2) is 0 Å². The second-order valence-electron chi connectivity index (χ2n) is 4.94. The van der Waals surface area contributed by atoms with Crippen LogP contribution in [0.4, 0.5) is 0 Å². The highest BCUT2D eigenvalue weighted by atomic mass is 32.1. The van der Waals surface area contributed by atoms with E-state index in [1.165, 1.54) is 17.7 Å². The minimum Gasteiger partial charge on any atom is -0.352 e. The van der Waals surface area contributed by atoms with Crippen molar-refractivity contribution in [3.8, 4) is 0 Å². The van der Waals surface area contributed by atoms with Gasteiger partial charge in [0.25, 0.3) is 0 Å². The molecule has 1 heterocycles. The highest BCUT2D eigenvalue weighted by Gasteiger charge is 2.20. The zero-order chi connectivity index (χ0) is 13.0. The Kier molecular flexibility index (Phi) is 4.72. The van der Waals surface area contributed by atoms with E-state index in [-0.39, 0.29) is 11.9 Å². The van der Waals surface area contributed by atoms with E-state index in [1.54, 1.807) is 11.3 Å². The van der Waals surface area contributed by atoms with Crippen LogP contribution >= 0.6 is 11.3 Å². The van der Waals surface area contributed by atoms with Gasteiger partial charge in [0, 0.05) is 23.7 Å². The molecule has 0 aliphatic heterocycles. The van der Waals surface area contributed by atoms with E-state index in [4.69, 9.17) is 0 Å². The number of nitrogens with one attached hydrogen (secondary N) is 2. The fourth-order valence-electron chi connectivity index (χ4n) is 2.23. The third-order valence-corrected chi connectivity index (χ3v) is 4.26. The van der Waals surface area contributed by atoms with Crippen LogP contribution in [0.25, 0.3) is 0 Å². The Bertz CT molecular complexity index is 399. The Morgan fingerprint density at radius 1 is 1.56 bits per heavy atom. The summed E-state index contributed by atoms with van der Waals surface area (Å²) >= 11 is 1.67. The molecule has 0 aromatic carbocycles. The number of amides is 1. The smallest absolute Gasteiger partial charge is 0.237 e. The number of hydrogen-bond donors (Lipinski definition) is 2. The van der Waals surface area contributed by atoms with E-state index in [0.717, 1.165) is 17.8 Å². The van der Waals surface area contributed by atoms with Gasteiger partial charge in [-0.15, -0.1) is 11.3 Å². The van der Waals surface area contributed by atoms with Crippen molar-refractivity contribution in [2.75, 3.05) is 0 Å². The summed E-state index contributed by atoms with van der Waals surface area (Å²) in [5.41, 5.74) is 0. The fourth-order valence-corrected chi connectivity index (χ4v) is 2.98. The lowest BCUT2D eigenvalue weighted by atomic mass is 10.2. The number of nitrogens with zero attached hydrogens (tertiary/aromatic N) is 1. The normalized spacial score (nSPS) is 17.9. The van der Waals surface area contributed by atoms with Crippen molar-refractivity contribution >= 4 is 17.2 Å². The predicted molar refractivity (Wildman–Crippen MR) is 73.6 cm³/mol. The molecule has 18 heavy (non-hydrogen) atoms. The number of aromatic nitrogens is 1. The van der Waals surface area contributed by atoms with Crippen LogP contribution in [-0.2, 0) is 11.3 Å². The van der Waals surface area contributed by atoms with Gasteiger partial charge in [-0.25, -0.2) is 4.98 Å². The molecule has 1 aliphatic carbocycles.